The molecule has 0 saturated heterocycles. The van der Waals surface area contributed by atoms with Crippen molar-refractivity contribution in [2.45, 2.75) is 13.5 Å². The molecule has 0 aliphatic carbocycles. The summed E-state index contributed by atoms with van der Waals surface area (Å²) in [6.07, 6.45) is 0. The number of hydrogen-bond acceptors (Lipinski definition) is 8. The zero-order valence-corrected chi connectivity index (χ0v) is 17.9. The minimum Gasteiger partial charge on any atom is -0.494 e. The van der Waals surface area contributed by atoms with Crippen molar-refractivity contribution in [3.05, 3.63) is 86.9 Å². The molecule has 0 spiro atoms. The Labute approximate surface area is 187 Å². The third-order valence-electron chi connectivity index (χ3n) is 4.72. The molecule has 0 aliphatic rings. The van der Waals surface area contributed by atoms with Gasteiger partial charge in [0.2, 0.25) is 5.82 Å². The van der Waals surface area contributed by atoms with Gasteiger partial charge in [-0.15, -0.1) is 0 Å². The van der Waals surface area contributed by atoms with Gasteiger partial charge in [-0.05, 0) is 25.1 Å². The van der Waals surface area contributed by atoms with Crippen LogP contribution in [-0.4, -0.2) is 37.0 Å². The van der Waals surface area contributed by atoms with Gasteiger partial charge >= 0.3 is 17.5 Å². The first kappa shape index (κ1) is 21.7. The molecule has 0 unspecified atom stereocenters. The molecule has 11 nitrogen and oxygen atoms in total. The maximum atomic E-state index is 12.6. The number of para-hydroxylation sites is 2. The van der Waals surface area contributed by atoms with Gasteiger partial charge in [-0.1, -0.05) is 41.6 Å². The maximum Gasteiger partial charge on any atom is 0.351 e. The Bertz CT molecular complexity index is 1410. The first-order chi connectivity index (χ1) is 16.0. The van der Waals surface area contributed by atoms with Crippen molar-refractivity contribution in [1.82, 2.24) is 29.8 Å². The topological polar surface area (TPSA) is 134 Å². The molecule has 0 atom stereocenters. The molecular weight excluding hydrogens is 428 g/mol. The van der Waals surface area contributed by atoms with Gasteiger partial charge in [0.25, 0.3) is 5.56 Å². The van der Waals surface area contributed by atoms with Crippen LogP contribution in [0.25, 0.3) is 17.2 Å². The molecule has 0 bridgehead atoms. The molecule has 33 heavy (non-hydrogen) atoms. The first-order valence-corrected chi connectivity index (χ1v) is 10.1. The lowest BCUT2D eigenvalue weighted by Crippen LogP contribution is -2.40. The highest BCUT2D eigenvalue weighted by Crippen LogP contribution is 2.18. The normalized spacial score (nSPS) is 10.7. The summed E-state index contributed by atoms with van der Waals surface area (Å²) in [6.45, 7) is 2.53. The van der Waals surface area contributed by atoms with Gasteiger partial charge in [0.15, 0.2) is 5.69 Å². The van der Waals surface area contributed by atoms with Crippen LogP contribution in [0.5, 0.6) is 5.75 Å². The number of rotatable bonds is 7. The molecule has 2 aromatic heterocycles. The van der Waals surface area contributed by atoms with E-state index < -0.39 is 17.2 Å². The van der Waals surface area contributed by atoms with Gasteiger partial charge < -0.3 is 14.6 Å². The lowest BCUT2D eigenvalue weighted by molar-refractivity contribution is 0.0906. The van der Waals surface area contributed by atoms with Gasteiger partial charge in [-0.3, -0.25) is 14.2 Å². The predicted octanol–water partition coefficient (Wildman–Crippen LogP) is 1.31. The van der Waals surface area contributed by atoms with Crippen molar-refractivity contribution in [1.29, 1.82) is 0 Å². The molecule has 0 fully saturated rings. The molecule has 4 rings (SSSR count). The molecule has 4 aromatic rings. The van der Waals surface area contributed by atoms with Crippen molar-refractivity contribution in [2.24, 2.45) is 7.05 Å². The van der Waals surface area contributed by atoms with Crippen LogP contribution < -0.4 is 21.3 Å². The lowest BCUT2D eigenvalue weighted by Gasteiger charge is -2.09. The fraction of sp³-hybridized carbons (Fsp3) is 0.182. The number of aromatic nitrogens is 5. The van der Waals surface area contributed by atoms with Gasteiger partial charge in [-0.25, -0.2) is 4.79 Å². The maximum absolute atomic E-state index is 12.6. The average Bonchev–Trinajstić information content (AvgIpc) is 3.33. The number of carbonyl (C=O) groups is 1. The highest BCUT2D eigenvalue weighted by molar-refractivity contribution is 5.89. The SMILES string of the molecule is CCOc1ccccc1CNC(=O)c1nc(-c2nn(-c3ccccc3)c(=O)n(C)c2=O)no1. The number of amides is 1. The van der Waals surface area contributed by atoms with Crippen molar-refractivity contribution >= 4 is 5.91 Å². The minimum absolute atomic E-state index is 0.172. The third-order valence-corrected chi connectivity index (χ3v) is 4.72. The number of carbonyl (C=O) groups excluding carboxylic acids is 1. The van der Waals surface area contributed by atoms with Crippen LogP contribution in [0.4, 0.5) is 0 Å². The second-order valence-corrected chi connectivity index (χ2v) is 6.89. The number of hydrogen-bond donors (Lipinski definition) is 1. The summed E-state index contributed by atoms with van der Waals surface area (Å²) in [7, 11) is 1.32. The highest BCUT2D eigenvalue weighted by Gasteiger charge is 2.22. The standard InChI is InChI=1S/C22H20N6O5/c1-3-32-16-12-8-7-9-14(16)13-23-19(29)20-24-18(26-33-20)17-21(30)27(2)22(31)28(25-17)15-10-5-4-6-11-15/h4-12H,3,13H2,1-2H3,(H,23,29). The lowest BCUT2D eigenvalue weighted by atomic mass is 10.2. The van der Waals surface area contributed by atoms with E-state index in [2.05, 4.69) is 20.6 Å². The third kappa shape index (κ3) is 4.42. The zero-order chi connectivity index (χ0) is 23.4. The highest BCUT2D eigenvalue weighted by atomic mass is 16.5. The molecule has 0 saturated carbocycles. The quantitative estimate of drug-likeness (QED) is 0.447. The number of nitrogens with zero attached hydrogens (tertiary/aromatic N) is 5. The van der Waals surface area contributed by atoms with Crippen molar-refractivity contribution in [3.63, 3.8) is 0 Å². The summed E-state index contributed by atoms with van der Waals surface area (Å²) >= 11 is 0. The summed E-state index contributed by atoms with van der Waals surface area (Å²) in [6, 6.07) is 15.9. The Balaban J connectivity index is 1.60. The molecule has 2 heterocycles. The summed E-state index contributed by atoms with van der Waals surface area (Å²) in [5.41, 5.74) is -0.355. The van der Waals surface area contributed by atoms with Crippen LogP contribution >= 0.6 is 0 Å². The molecule has 11 heteroatoms. The van der Waals surface area contributed by atoms with Crippen LogP contribution in [0.3, 0.4) is 0 Å². The molecular formula is C22H20N6O5. The number of benzene rings is 2. The molecule has 0 aliphatic heterocycles. The van der Waals surface area contributed by atoms with Crippen LogP contribution in [0.2, 0.25) is 0 Å². The van der Waals surface area contributed by atoms with Crippen molar-refractivity contribution in [3.8, 4) is 23.0 Å². The largest absolute Gasteiger partial charge is 0.494 e. The number of nitrogens with one attached hydrogen (secondary N) is 1. The molecule has 1 N–H and O–H groups in total. The van der Waals surface area contributed by atoms with E-state index in [1.165, 1.54) is 7.05 Å². The first-order valence-electron chi connectivity index (χ1n) is 10.1. The van der Waals surface area contributed by atoms with E-state index in [1.807, 2.05) is 25.1 Å². The fourth-order valence-corrected chi connectivity index (χ4v) is 3.06. The summed E-state index contributed by atoms with van der Waals surface area (Å²) in [5.74, 6) is -0.531. The van der Waals surface area contributed by atoms with Crippen LogP contribution in [0.15, 0.2) is 68.7 Å². The Morgan fingerprint density at radius 3 is 2.58 bits per heavy atom. The average molecular weight is 448 g/mol. The summed E-state index contributed by atoms with van der Waals surface area (Å²) in [4.78, 5) is 41.6. The van der Waals surface area contributed by atoms with E-state index in [-0.39, 0.29) is 24.0 Å². The Morgan fingerprint density at radius 1 is 1.09 bits per heavy atom. The van der Waals surface area contributed by atoms with E-state index in [0.717, 1.165) is 14.8 Å². The van der Waals surface area contributed by atoms with Crippen molar-refractivity contribution < 1.29 is 14.1 Å². The van der Waals surface area contributed by atoms with Crippen molar-refractivity contribution in [2.75, 3.05) is 6.61 Å². The Morgan fingerprint density at radius 2 is 1.82 bits per heavy atom. The smallest absolute Gasteiger partial charge is 0.351 e. The summed E-state index contributed by atoms with van der Waals surface area (Å²) < 4.78 is 12.5. The Kier molecular flexibility index (Phi) is 6.11. The van der Waals surface area contributed by atoms with E-state index in [4.69, 9.17) is 9.26 Å². The number of ether oxygens (including phenoxy) is 1. The predicted molar refractivity (Wildman–Crippen MR) is 117 cm³/mol. The van der Waals surface area contributed by atoms with Gasteiger partial charge in [0, 0.05) is 19.2 Å². The van der Waals surface area contributed by atoms with Crippen LogP contribution in [0.1, 0.15) is 23.2 Å². The van der Waals surface area contributed by atoms with Gasteiger partial charge in [-0.2, -0.15) is 14.8 Å². The van der Waals surface area contributed by atoms with E-state index in [9.17, 15) is 14.4 Å². The van der Waals surface area contributed by atoms with E-state index in [1.54, 1.807) is 36.4 Å². The molecule has 2 aromatic carbocycles. The van der Waals surface area contributed by atoms with Crippen LogP contribution in [-0.2, 0) is 13.6 Å². The Hall–Kier alpha value is -4.54. The summed E-state index contributed by atoms with van der Waals surface area (Å²) in [5, 5.41) is 10.5. The second kappa shape index (κ2) is 9.30. The zero-order valence-electron chi connectivity index (χ0n) is 17.9. The molecule has 168 valence electrons. The van der Waals surface area contributed by atoms with Crippen LogP contribution in [0, 0.1) is 0 Å². The van der Waals surface area contributed by atoms with Gasteiger partial charge in [0.1, 0.15) is 5.75 Å². The van der Waals surface area contributed by atoms with E-state index in [0.29, 0.717) is 18.0 Å². The fourth-order valence-electron chi connectivity index (χ4n) is 3.06. The van der Waals surface area contributed by atoms with Gasteiger partial charge in [0.05, 0.1) is 12.3 Å². The molecule has 0 radical (unpaired) electrons. The molecule has 1 amide bonds. The minimum atomic E-state index is -0.717. The second-order valence-electron chi connectivity index (χ2n) is 6.89. The van der Waals surface area contributed by atoms with E-state index >= 15 is 0 Å². The monoisotopic (exact) mass is 448 g/mol.